The molecule has 158 valence electrons. The van der Waals surface area contributed by atoms with Gasteiger partial charge in [0, 0.05) is 10.0 Å². The highest BCUT2D eigenvalue weighted by atomic mass is 79.9. The first-order valence-electron chi connectivity index (χ1n) is 9.24. The molecule has 1 aliphatic rings. The molecule has 8 nitrogen and oxygen atoms in total. The molecular weight excluding hydrogens is 464 g/mol. The van der Waals surface area contributed by atoms with E-state index in [0.29, 0.717) is 34.4 Å². The molecule has 1 aliphatic heterocycles. The minimum atomic E-state index is -0.553. The first kappa shape index (κ1) is 20.6. The molecule has 0 saturated carbocycles. The monoisotopic (exact) mass is 482 g/mol. The van der Waals surface area contributed by atoms with E-state index < -0.39 is 5.92 Å². The maximum absolute atomic E-state index is 9.93. The number of nitriles is 1. The predicted octanol–water partition coefficient (Wildman–Crippen LogP) is 4.08. The smallest absolute Gasteiger partial charge is 0.244 e. The summed E-state index contributed by atoms with van der Waals surface area (Å²) in [5.41, 5.74) is 9.33. The number of nitrogens with one attached hydrogen (secondary N) is 1. The van der Waals surface area contributed by atoms with Crippen LogP contribution in [0.5, 0.6) is 23.1 Å². The van der Waals surface area contributed by atoms with Gasteiger partial charge in [-0.2, -0.15) is 5.26 Å². The molecule has 0 aliphatic carbocycles. The highest BCUT2D eigenvalue weighted by Gasteiger charge is 2.37. The quantitative estimate of drug-likeness (QED) is 0.562. The number of allylic oxidation sites excluding steroid dienone is 1. The van der Waals surface area contributed by atoms with Crippen molar-refractivity contribution in [2.45, 2.75) is 5.92 Å². The van der Waals surface area contributed by atoms with Crippen molar-refractivity contribution in [2.24, 2.45) is 5.73 Å². The van der Waals surface area contributed by atoms with Crippen LogP contribution in [-0.2, 0) is 0 Å². The highest BCUT2D eigenvalue weighted by Crippen LogP contribution is 2.49. The molecule has 1 atom stereocenters. The minimum absolute atomic E-state index is 0.00498. The number of hydrogen-bond donors (Lipinski definition) is 2. The number of hydrogen-bond acceptors (Lipinski definition) is 7. The Morgan fingerprint density at radius 2 is 1.87 bits per heavy atom. The van der Waals surface area contributed by atoms with E-state index in [2.05, 4.69) is 32.2 Å². The lowest BCUT2D eigenvalue weighted by molar-refractivity contribution is 0.353. The largest absolute Gasteiger partial charge is 0.497 e. The number of rotatable bonds is 5. The molecule has 0 amide bonds. The Balaban J connectivity index is 1.98. The molecule has 0 bridgehead atoms. The van der Waals surface area contributed by atoms with Gasteiger partial charge in [0.25, 0.3) is 0 Å². The van der Waals surface area contributed by atoms with Gasteiger partial charge in [-0.15, -0.1) is 5.10 Å². The van der Waals surface area contributed by atoms with Crippen LogP contribution in [0.25, 0.3) is 11.3 Å². The fraction of sp³-hybridized carbons (Fsp3) is 0.182. The molecule has 0 radical (unpaired) electrons. The van der Waals surface area contributed by atoms with Crippen LogP contribution in [0.15, 0.2) is 52.3 Å². The van der Waals surface area contributed by atoms with Crippen LogP contribution in [0.4, 0.5) is 0 Å². The summed E-state index contributed by atoms with van der Waals surface area (Å²) in [6, 6.07) is 13.3. The van der Waals surface area contributed by atoms with Gasteiger partial charge in [0.15, 0.2) is 11.5 Å². The fourth-order valence-electron chi connectivity index (χ4n) is 3.65. The second-order valence-electron chi connectivity index (χ2n) is 6.70. The second-order valence-corrected chi connectivity index (χ2v) is 7.56. The Morgan fingerprint density at radius 3 is 2.55 bits per heavy atom. The zero-order valence-corrected chi connectivity index (χ0v) is 18.6. The average Bonchev–Trinajstić information content (AvgIpc) is 3.21. The number of nitrogens with two attached hydrogens (primary N) is 1. The molecule has 0 saturated heterocycles. The van der Waals surface area contributed by atoms with Crippen molar-refractivity contribution >= 4 is 15.9 Å². The van der Waals surface area contributed by atoms with Crippen molar-refractivity contribution < 1.29 is 18.9 Å². The van der Waals surface area contributed by atoms with Crippen LogP contribution < -0.4 is 24.7 Å². The van der Waals surface area contributed by atoms with Gasteiger partial charge in [-0.05, 0) is 29.8 Å². The van der Waals surface area contributed by atoms with E-state index in [0.717, 1.165) is 15.6 Å². The lowest BCUT2D eigenvalue weighted by atomic mass is 9.83. The van der Waals surface area contributed by atoms with Crippen molar-refractivity contribution in [3.63, 3.8) is 0 Å². The van der Waals surface area contributed by atoms with E-state index >= 15 is 0 Å². The molecule has 9 heteroatoms. The number of methoxy groups -OCH3 is 3. The van der Waals surface area contributed by atoms with Crippen LogP contribution >= 0.6 is 15.9 Å². The number of fused-ring (bicyclic) bond motifs is 1. The Hall–Kier alpha value is -3.64. The van der Waals surface area contributed by atoms with Gasteiger partial charge in [0.2, 0.25) is 11.8 Å². The Kier molecular flexibility index (Phi) is 5.48. The van der Waals surface area contributed by atoms with Crippen molar-refractivity contribution in [1.29, 1.82) is 5.26 Å². The highest BCUT2D eigenvalue weighted by molar-refractivity contribution is 9.10. The SMILES string of the molecule is COc1cccc(-c2[nH]nc3c2[C@H](c2cc(OC)c(OC)cc2Br)C(C#N)=C(N)O3)c1. The molecule has 3 N–H and O–H groups in total. The van der Waals surface area contributed by atoms with E-state index in [-0.39, 0.29) is 11.5 Å². The molecule has 2 heterocycles. The van der Waals surface area contributed by atoms with Crippen LogP contribution in [0.2, 0.25) is 0 Å². The summed E-state index contributed by atoms with van der Waals surface area (Å²) in [4.78, 5) is 0. The van der Waals surface area contributed by atoms with E-state index in [1.165, 1.54) is 0 Å². The van der Waals surface area contributed by atoms with Crippen molar-refractivity contribution in [3.8, 4) is 40.5 Å². The van der Waals surface area contributed by atoms with Crippen LogP contribution in [0.1, 0.15) is 17.0 Å². The summed E-state index contributed by atoms with van der Waals surface area (Å²) < 4.78 is 22.6. The van der Waals surface area contributed by atoms with E-state index in [4.69, 9.17) is 24.7 Å². The molecular formula is C22H19BrN4O4. The van der Waals surface area contributed by atoms with Gasteiger partial charge >= 0.3 is 0 Å². The average molecular weight is 483 g/mol. The summed E-state index contributed by atoms with van der Waals surface area (Å²) in [5.74, 6) is 1.53. The van der Waals surface area contributed by atoms with E-state index in [1.54, 1.807) is 27.4 Å². The van der Waals surface area contributed by atoms with Gasteiger partial charge < -0.3 is 24.7 Å². The van der Waals surface area contributed by atoms with Gasteiger partial charge in [-0.1, -0.05) is 28.1 Å². The number of aromatic amines is 1. The third-order valence-corrected chi connectivity index (χ3v) is 5.80. The molecule has 0 fully saturated rings. The molecule has 3 aromatic rings. The normalized spacial score (nSPS) is 15.0. The number of aromatic nitrogens is 2. The van der Waals surface area contributed by atoms with Gasteiger partial charge in [0.05, 0.1) is 38.5 Å². The zero-order valence-electron chi connectivity index (χ0n) is 17.0. The van der Waals surface area contributed by atoms with E-state index in [9.17, 15) is 5.26 Å². The molecule has 1 aromatic heterocycles. The lowest BCUT2D eigenvalue weighted by Gasteiger charge is -2.25. The first-order chi connectivity index (χ1) is 15.0. The topological polar surface area (TPSA) is 115 Å². The first-order valence-corrected chi connectivity index (χ1v) is 10.0. The molecule has 0 unspecified atom stereocenters. The Morgan fingerprint density at radius 1 is 1.13 bits per heavy atom. The number of halogens is 1. The summed E-state index contributed by atoms with van der Waals surface area (Å²) in [5, 5.41) is 17.3. The van der Waals surface area contributed by atoms with Gasteiger partial charge in [-0.3, -0.25) is 5.10 Å². The molecule has 2 aromatic carbocycles. The number of benzene rings is 2. The third kappa shape index (κ3) is 3.45. The summed E-state index contributed by atoms with van der Waals surface area (Å²) in [7, 11) is 4.72. The molecule has 31 heavy (non-hydrogen) atoms. The summed E-state index contributed by atoms with van der Waals surface area (Å²) in [6.07, 6.45) is 0. The van der Waals surface area contributed by atoms with Crippen LogP contribution in [-0.4, -0.2) is 31.5 Å². The number of nitrogens with zero attached hydrogens (tertiary/aromatic N) is 2. The number of H-pyrrole nitrogens is 1. The lowest BCUT2D eigenvalue weighted by Crippen LogP contribution is -2.21. The predicted molar refractivity (Wildman–Crippen MR) is 117 cm³/mol. The summed E-state index contributed by atoms with van der Waals surface area (Å²) in [6.45, 7) is 0. The molecule has 0 spiro atoms. The van der Waals surface area contributed by atoms with Gasteiger partial charge in [0.1, 0.15) is 17.4 Å². The third-order valence-electron chi connectivity index (χ3n) is 5.11. The second kappa shape index (κ2) is 8.24. The maximum atomic E-state index is 9.93. The fourth-order valence-corrected chi connectivity index (χ4v) is 4.20. The standard InChI is InChI=1S/C22H19BrN4O4/c1-28-12-6-4-5-11(7-12)20-19-18(14(10-24)21(25)31-22(19)27-26-20)13-8-16(29-2)17(30-3)9-15(13)23/h4-9,18H,25H2,1-3H3,(H,26,27)/t18-/m1/s1. The van der Waals surface area contributed by atoms with Crippen LogP contribution in [0.3, 0.4) is 0 Å². The van der Waals surface area contributed by atoms with Crippen molar-refractivity contribution in [3.05, 3.63) is 63.5 Å². The molecule has 4 rings (SSSR count). The van der Waals surface area contributed by atoms with Crippen LogP contribution in [0, 0.1) is 11.3 Å². The van der Waals surface area contributed by atoms with Crippen molar-refractivity contribution in [2.75, 3.05) is 21.3 Å². The van der Waals surface area contributed by atoms with Gasteiger partial charge in [-0.25, -0.2) is 0 Å². The number of ether oxygens (including phenoxy) is 4. The van der Waals surface area contributed by atoms with E-state index in [1.807, 2.05) is 30.3 Å². The Bertz CT molecular complexity index is 1230. The zero-order chi connectivity index (χ0) is 22.1. The van der Waals surface area contributed by atoms with Crippen molar-refractivity contribution in [1.82, 2.24) is 10.2 Å². The summed E-state index contributed by atoms with van der Waals surface area (Å²) >= 11 is 3.61. The maximum Gasteiger partial charge on any atom is 0.244 e. The Labute approximate surface area is 187 Å². The minimum Gasteiger partial charge on any atom is -0.497 e.